The molecule has 2 aromatic carbocycles. The second-order valence-electron chi connectivity index (χ2n) is 9.26. The number of rotatable bonds is 4. The van der Waals surface area contributed by atoms with Crippen LogP contribution in [0.5, 0.6) is 0 Å². The summed E-state index contributed by atoms with van der Waals surface area (Å²) in [5.74, 6) is 1.22. The van der Waals surface area contributed by atoms with Gasteiger partial charge in [0, 0.05) is 43.2 Å². The Balaban J connectivity index is 1.05. The molecular formula is C26H26N6O. The Morgan fingerprint density at radius 3 is 2.52 bits per heavy atom. The maximum absolute atomic E-state index is 12.9. The van der Waals surface area contributed by atoms with Crippen molar-refractivity contribution in [3.8, 4) is 5.69 Å². The Bertz CT molecular complexity index is 1280. The molecule has 0 aliphatic carbocycles. The van der Waals surface area contributed by atoms with Crippen molar-refractivity contribution in [3.63, 3.8) is 0 Å². The van der Waals surface area contributed by atoms with Gasteiger partial charge in [-0.3, -0.25) is 4.79 Å². The van der Waals surface area contributed by atoms with E-state index in [0.717, 1.165) is 67.0 Å². The van der Waals surface area contributed by atoms with Gasteiger partial charge in [0.1, 0.15) is 12.1 Å². The zero-order chi connectivity index (χ0) is 22.3. The summed E-state index contributed by atoms with van der Waals surface area (Å²) in [6.45, 7) is 3.65. The molecule has 0 saturated carbocycles. The van der Waals surface area contributed by atoms with Gasteiger partial charge in [0.05, 0.1) is 23.8 Å². The molecule has 0 N–H and O–H groups in total. The highest BCUT2D eigenvalue weighted by Crippen LogP contribution is 2.42. The molecule has 2 aliphatic heterocycles. The van der Waals surface area contributed by atoms with Crippen LogP contribution in [-0.2, 0) is 11.2 Å². The largest absolute Gasteiger partial charge is 0.356 e. The first-order valence-electron chi connectivity index (χ1n) is 11.5. The molecule has 1 spiro atoms. The summed E-state index contributed by atoms with van der Waals surface area (Å²) in [5, 5.41) is 5.52. The number of piperidine rings is 1. The summed E-state index contributed by atoms with van der Waals surface area (Å²) in [6.07, 6.45) is 7.98. The second kappa shape index (κ2) is 7.99. The minimum atomic E-state index is 0.192. The van der Waals surface area contributed by atoms with Gasteiger partial charge in [-0.05, 0) is 42.7 Å². The Labute approximate surface area is 192 Å². The summed E-state index contributed by atoms with van der Waals surface area (Å²) in [7, 11) is 0. The van der Waals surface area contributed by atoms with E-state index >= 15 is 0 Å². The molecule has 0 atom stereocenters. The molecule has 0 radical (unpaired) electrons. The first-order chi connectivity index (χ1) is 16.2. The lowest BCUT2D eigenvalue weighted by atomic mass is 9.72. The number of hydrogen-bond acceptors (Lipinski definition) is 5. The van der Waals surface area contributed by atoms with Crippen molar-refractivity contribution in [1.82, 2.24) is 24.6 Å². The average Bonchev–Trinajstić information content (AvgIpc) is 3.31. The second-order valence-corrected chi connectivity index (χ2v) is 9.26. The molecule has 4 heterocycles. The first kappa shape index (κ1) is 19.9. The third kappa shape index (κ3) is 3.73. The van der Waals surface area contributed by atoms with Crippen molar-refractivity contribution in [2.24, 2.45) is 5.41 Å². The summed E-state index contributed by atoms with van der Waals surface area (Å²) in [5.41, 5.74) is 3.19. The fourth-order valence-electron chi connectivity index (χ4n) is 5.15. The van der Waals surface area contributed by atoms with Crippen molar-refractivity contribution >= 4 is 22.6 Å². The fraction of sp³-hybridized carbons (Fsp3) is 0.308. The fourth-order valence-corrected chi connectivity index (χ4v) is 5.15. The number of carbonyl (C=O) groups is 1. The average molecular weight is 439 g/mol. The van der Waals surface area contributed by atoms with Gasteiger partial charge in [-0.25, -0.2) is 14.6 Å². The van der Waals surface area contributed by atoms with Gasteiger partial charge in [0.15, 0.2) is 0 Å². The van der Waals surface area contributed by atoms with E-state index in [-0.39, 0.29) is 11.3 Å². The van der Waals surface area contributed by atoms with E-state index in [0.29, 0.717) is 6.42 Å². The molecule has 2 fully saturated rings. The van der Waals surface area contributed by atoms with E-state index in [1.165, 1.54) is 0 Å². The zero-order valence-corrected chi connectivity index (χ0v) is 18.5. The van der Waals surface area contributed by atoms with Gasteiger partial charge in [0.25, 0.3) is 0 Å². The number of fused-ring (bicyclic) bond motifs is 1. The summed E-state index contributed by atoms with van der Waals surface area (Å²) in [4.78, 5) is 26.2. The van der Waals surface area contributed by atoms with E-state index in [9.17, 15) is 4.79 Å². The Hall–Kier alpha value is -3.74. The van der Waals surface area contributed by atoms with Crippen LogP contribution in [0.3, 0.4) is 0 Å². The normalized spacial score (nSPS) is 17.3. The Morgan fingerprint density at radius 2 is 1.70 bits per heavy atom. The van der Waals surface area contributed by atoms with Gasteiger partial charge in [-0.2, -0.15) is 5.10 Å². The molecule has 7 heteroatoms. The zero-order valence-electron chi connectivity index (χ0n) is 18.5. The van der Waals surface area contributed by atoms with Crippen molar-refractivity contribution in [1.29, 1.82) is 0 Å². The number of benzene rings is 2. The highest BCUT2D eigenvalue weighted by Gasteiger charge is 2.46. The number of carbonyl (C=O) groups excluding carboxylic acids is 1. The SMILES string of the molecule is O=C(Cc1cnn(-c2ccccc2)c1)N1CC2(CCN(c3ncnc4ccccc34)CC2)C1. The van der Waals surface area contributed by atoms with Crippen molar-refractivity contribution in [2.45, 2.75) is 19.3 Å². The third-order valence-electron chi connectivity index (χ3n) is 7.06. The van der Waals surface area contributed by atoms with E-state index in [2.05, 4.69) is 26.0 Å². The maximum atomic E-state index is 12.9. The summed E-state index contributed by atoms with van der Waals surface area (Å²) >= 11 is 0. The molecule has 6 rings (SSSR count). The van der Waals surface area contributed by atoms with Gasteiger partial charge in [-0.15, -0.1) is 0 Å². The number of anilines is 1. The van der Waals surface area contributed by atoms with Crippen LogP contribution in [0.1, 0.15) is 18.4 Å². The minimum Gasteiger partial charge on any atom is -0.356 e. The van der Waals surface area contributed by atoms with E-state index < -0.39 is 0 Å². The molecule has 2 aliphatic rings. The Kier molecular flexibility index (Phi) is 4.82. The standard InChI is InChI=1S/C26H26N6O/c33-24(14-20-15-29-32(16-20)21-6-2-1-3-7-21)31-17-26(18-31)10-12-30(13-11-26)25-22-8-4-5-9-23(22)27-19-28-25/h1-9,15-16,19H,10-14,17-18H2. The van der Waals surface area contributed by atoms with Crippen LogP contribution < -0.4 is 4.90 Å². The number of aromatic nitrogens is 4. The van der Waals surface area contributed by atoms with Crippen LogP contribution in [0.4, 0.5) is 5.82 Å². The molecule has 33 heavy (non-hydrogen) atoms. The van der Waals surface area contributed by atoms with Crippen LogP contribution in [0.25, 0.3) is 16.6 Å². The molecule has 0 unspecified atom stereocenters. The van der Waals surface area contributed by atoms with Gasteiger partial charge in [-0.1, -0.05) is 30.3 Å². The molecule has 166 valence electrons. The molecule has 1 amide bonds. The lowest BCUT2D eigenvalue weighted by molar-refractivity contribution is -0.144. The van der Waals surface area contributed by atoms with Gasteiger partial charge < -0.3 is 9.80 Å². The monoisotopic (exact) mass is 438 g/mol. The van der Waals surface area contributed by atoms with Gasteiger partial charge in [0.2, 0.25) is 5.91 Å². The van der Waals surface area contributed by atoms with Crippen LogP contribution in [0, 0.1) is 5.41 Å². The topological polar surface area (TPSA) is 67.2 Å². The number of nitrogens with zero attached hydrogens (tertiary/aromatic N) is 6. The molecular weight excluding hydrogens is 412 g/mol. The highest BCUT2D eigenvalue weighted by atomic mass is 16.2. The number of para-hydroxylation sites is 2. The number of likely N-dealkylation sites (tertiary alicyclic amines) is 1. The third-order valence-corrected chi connectivity index (χ3v) is 7.06. The highest BCUT2D eigenvalue weighted by molar-refractivity contribution is 5.89. The summed E-state index contributed by atoms with van der Waals surface area (Å²) < 4.78 is 1.83. The maximum Gasteiger partial charge on any atom is 0.227 e. The Morgan fingerprint density at radius 1 is 0.939 bits per heavy atom. The lowest BCUT2D eigenvalue weighted by Crippen LogP contribution is -2.62. The van der Waals surface area contributed by atoms with Crippen molar-refractivity contribution < 1.29 is 4.79 Å². The molecule has 2 aromatic heterocycles. The van der Waals surface area contributed by atoms with Crippen LogP contribution in [0.2, 0.25) is 0 Å². The smallest absolute Gasteiger partial charge is 0.227 e. The van der Waals surface area contributed by atoms with Crippen molar-refractivity contribution in [2.75, 3.05) is 31.1 Å². The quantitative estimate of drug-likeness (QED) is 0.488. The predicted molar refractivity (Wildman–Crippen MR) is 127 cm³/mol. The molecule has 0 bridgehead atoms. The van der Waals surface area contributed by atoms with Crippen molar-refractivity contribution in [3.05, 3.63) is 78.9 Å². The first-order valence-corrected chi connectivity index (χ1v) is 11.5. The predicted octanol–water partition coefficient (Wildman–Crippen LogP) is 3.49. The van der Waals surface area contributed by atoms with Crippen LogP contribution in [0.15, 0.2) is 73.3 Å². The van der Waals surface area contributed by atoms with E-state index in [4.69, 9.17) is 0 Å². The van der Waals surface area contributed by atoms with Crippen LogP contribution in [-0.4, -0.2) is 56.7 Å². The number of amides is 1. The van der Waals surface area contributed by atoms with Crippen LogP contribution >= 0.6 is 0 Å². The van der Waals surface area contributed by atoms with E-state index in [1.54, 1.807) is 12.5 Å². The molecule has 4 aromatic rings. The lowest BCUT2D eigenvalue weighted by Gasteiger charge is -2.54. The number of hydrogen-bond donors (Lipinski definition) is 0. The summed E-state index contributed by atoms with van der Waals surface area (Å²) in [6, 6.07) is 18.2. The molecule has 2 saturated heterocycles. The minimum absolute atomic E-state index is 0.192. The van der Waals surface area contributed by atoms with E-state index in [1.807, 2.05) is 64.3 Å². The van der Waals surface area contributed by atoms with Gasteiger partial charge >= 0.3 is 0 Å². The molecule has 7 nitrogen and oxygen atoms in total.